The third-order valence-corrected chi connectivity index (χ3v) is 5.35. The molecule has 2 unspecified atom stereocenters. The number of halogens is 12. The molecule has 0 saturated carbocycles. The number of unbranched alkanes of at least 4 members (excludes halogenated alkanes) is 1. The molecule has 0 heterocycles. The molecule has 174 valence electrons. The highest BCUT2D eigenvalue weighted by Gasteiger charge is 2.81. The number of hydrogen-bond acceptors (Lipinski definition) is 2. The van der Waals surface area contributed by atoms with E-state index < -0.39 is 77.0 Å². The highest BCUT2D eigenvalue weighted by atomic mass is 127. The monoisotopic (exact) mass is 576 g/mol. The molecule has 0 amide bonds. The van der Waals surface area contributed by atoms with E-state index in [0.717, 1.165) is 34.7 Å². The Morgan fingerprint density at radius 1 is 1.07 bits per heavy atom. The maximum absolute atomic E-state index is 13.9. The van der Waals surface area contributed by atoms with Crippen molar-refractivity contribution in [1.82, 2.24) is 0 Å². The zero-order valence-corrected chi connectivity index (χ0v) is 16.5. The zero-order chi connectivity index (χ0) is 23.8. The van der Waals surface area contributed by atoms with E-state index in [0.29, 0.717) is 0 Å². The molecular formula is C15H12F11IO3. The van der Waals surface area contributed by atoms with Gasteiger partial charge in [-0.05, 0) is 18.9 Å². The van der Waals surface area contributed by atoms with Crippen molar-refractivity contribution in [3.63, 3.8) is 0 Å². The van der Waals surface area contributed by atoms with E-state index >= 15 is 0 Å². The number of carboxylic acids is 1. The molecule has 3 nitrogen and oxygen atoms in total. The van der Waals surface area contributed by atoms with E-state index in [2.05, 4.69) is 4.74 Å². The summed E-state index contributed by atoms with van der Waals surface area (Å²) in [4.78, 5) is 11.0. The van der Waals surface area contributed by atoms with Gasteiger partial charge in [0.05, 0.1) is 6.61 Å². The molecule has 0 aromatic carbocycles. The van der Waals surface area contributed by atoms with Crippen molar-refractivity contribution >= 4 is 28.6 Å². The Hall–Kier alpha value is -1.29. The summed E-state index contributed by atoms with van der Waals surface area (Å²) < 4.78 is 144. The molecule has 0 aromatic rings. The van der Waals surface area contributed by atoms with E-state index in [1.807, 2.05) is 0 Å². The third-order valence-electron chi connectivity index (χ3n) is 3.98. The molecule has 0 aromatic heterocycles. The van der Waals surface area contributed by atoms with E-state index in [-0.39, 0.29) is 0 Å². The minimum atomic E-state index is -6.98. The molecule has 2 atom stereocenters. The summed E-state index contributed by atoms with van der Waals surface area (Å²) in [7, 11) is 0. The van der Waals surface area contributed by atoms with Gasteiger partial charge in [0.15, 0.2) is 21.2 Å². The SMILES string of the molecule is O=C(O)C1(I)C=CC(OCCCCC(F)(F)C(F)(F)C(F)(F)C(F)(F)F)=C(F)C1F. The molecule has 1 rings (SSSR count). The van der Waals surface area contributed by atoms with Crippen molar-refractivity contribution in [3.8, 4) is 0 Å². The first-order chi connectivity index (χ1) is 13.3. The Labute approximate surface area is 175 Å². The molecule has 1 aliphatic rings. The van der Waals surface area contributed by atoms with Gasteiger partial charge in [-0.2, -0.15) is 39.5 Å². The van der Waals surface area contributed by atoms with E-state index in [4.69, 9.17) is 5.11 Å². The maximum atomic E-state index is 13.9. The van der Waals surface area contributed by atoms with Gasteiger partial charge < -0.3 is 9.84 Å². The second-order valence-electron chi connectivity index (χ2n) is 6.14. The Kier molecular flexibility index (Phi) is 7.74. The lowest BCUT2D eigenvalue weighted by molar-refractivity contribution is -0.396. The molecule has 0 aliphatic heterocycles. The molecule has 30 heavy (non-hydrogen) atoms. The van der Waals surface area contributed by atoms with Gasteiger partial charge in [-0.1, -0.05) is 28.7 Å². The highest BCUT2D eigenvalue weighted by Crippen LogP contribution is 2.54. The standard InChI is InChI=1S/C15H12F11IO3/c16-8-7(3-5-11(27,9(8)17)10(28)29)30-6-2-1-4-12(18,19)13(20,21)14(22,23)15(24,25)26/h3,5,9H,1-2,4,6H2,(H,28,29). The summed E-state index contributed by atoms with van der Waals surface area (Å²) in [6, 6.07) is 0. The number of alkyl halides is 11. The summed E-state index contributed by atoms with van der Waals surface area (Å²) in [5.74, 6) is -23.6. The van der Waals surface area contributed by atoms with Crippen LogP contribution in [0, 0.1) is 0 Å². The second-order valence-corrected chi connectivity index (χ2v) is 7.92. The van der Waals surface area contributed by atoms with Gasteiger partial charge in [0.2, 0.25) is 0 Å². The topological polar surface area (TPSA) is 46.5 Å². The average molecular weight is 576 g/mol. The van der Waals surface area contributed by atoms with Crippen molar-refractivity contribution in [3.05, 3.63) is 23.7 Å². The highest BCUT2D eigenvalue weighted by molar-refractivity contribution is 14.1. The number of carbonyl (C=O) groups is 1. The molecule has 1 aliphatic carbocycles. The quantitative estimate of drug-likeness (QED) is 0.159. The van der Waals surface area contributed by atoms with Crippen LogP contribution in [0.4, 0.5) is 48.3 Å². The number of carboxylic acid groups (broad SMARTS) is 1. The van der Waals surface area contributed by atoms with Gasteiger partial charge in [0.25, 0.3) is 0 Å². The molecule has 0 fully saturated rings. The van der Waals surface area contributed by atoms with Crippen LogP contribution < -0.4 is 0 Å². The normalized spacial score (nSPS) is 23.7. The van der Waals surface area contributed by atoms with Crippen molar-refractivity contribution in [2.45, 2.75) is 52.8 Å². The first-order valence-corrected chi connectivity index (χ1v) is 8.89. The lowest BCUT2D eigenvalue weighted by Crippen LogP contribution is -2.60. The molecule has 0 bridgehead atoms. The summed E-state index contributed by atoms with van der Waals surface area (Å²) >= 11 is 1.12. The molecule has 1 N–H and O–H groups in total. The van der Waals surface area contributed by atoms with Crippen LogP contribution in [0.5, 0.6) is 0 Å². The van der Waals surface area contributed by atoms with Crippen molar-refractivity contribution in [2.75, 3.05) is 6.61 Å². The molecule has 0 saturated heterocycles. The Morgan fingerprint density at radius 2 is 1.60 bits per heavy atom. The second kappa shape index (κ2) is 8.68. The summed E-state index contributed by atoms with van der Waals surface area (Å²) in [6.07, 6.45) is -11.8. The summed E-state index contributed by atoms with van der Waals surface area (Å²) in [6.45, 7) is -0.724. The van der Waals surface area contributed by atoms with Gasteiger partial charge in [0.1, 0.15) is 0 Å². The Bertz CT molecular complexity index is 717. The van der Waals surface area contributed by atoms with Gasteiger partial charge in [0, 0.05) is 6.42 Å². The van der Waals surface area contributed by atoms with Crippen LogP contribution in [0.15, 0.2) is 23.7 Å². The Balaban J connectivity index is 2.67. The van der Waals surface area contributed by atoms with E-state index in [1.54, 1.807) is 0 Å². The molecular weight excluding hydrogens is 564 g/mol. The number of rotatable bonds is 9. The van der Waals surface area contributed by atoms with Crippen LogP contribution in [0.2, 0.25) is 0 Å². The molecule has 0 radical (unpaired) electrons. The minimum Gasteiger partial charge on any atom is -0.491 e. The van der Waals surface area contributed by atoms with Crippen LogP contribution in [0.1, 0.15) is 19.3 Å². The number of hydrogen-bond donors (Lipinski definition) is 1. The number of ether oxygens (including phenoxy) is 1. The fraction of sp³-hybridized carbons (Fsp3) is 0.667. The van der Waals surface area contributed by atoms with Crippen LogP contribution in [-0.2, 0) is 9.53 Å². The predicted molar refractivity (Wildman–Crippen MR) is 87.3 cm³/mol. The van der Waals surface area contributed by atoms with Crippen molar-refractivity contribution in [2.24, 2.45) is 0 Å². The van der Waals surface area contributed by atoms with Gasteiger partial charge >= 0.3 is 29.9 Å². The van der Waals surface area contributed by atoms with Crippen LogP contribution in [-0.4, -0.2) is 51.2 Å². The first-order valence-electron chi connectivity index (χ1n) is 7.81. The Morgan fingerprint density at radius 3 is 2.07 bits per heavy atom. The van der Waals surface area contributed by atoms with Crippen LogP contribution in [0.3, 0.4) is 0 Å². The van der Waals surface area contributed by atoms with Crippen LogP contribution >= 0.6 is 22.6 Å². The lowest BCUT2D eigenvalue weighted by atomic mass is 9.97. The molecule has 15 heteroatoms. The lowest BCUT2D eigenvalue weighted by Gasteiger charge is -2.33. The maximum Gasteiger partial charge on any atom is 0.460 e. The van der Waals surface area contributed by atoms with E-state index in [9.17, 15) is 53.1 Å². The van der Waals surface area contributed by atoms with E-state index in [1.165, 1.54) is 0 Å². The minimum absolute atomic E-state index is 0.626. The third kappa shape index (κ3) is 4.79. The first kappa shape index (κ1) is 26.7. The number of allylic oxidation sites excluding steroid dienone is 2. The van der Waals surface area contributed by atoms with Crippen molar-refractivity contribution < 1.29 is 62.9 Å². The van der Waals surface area contributed by atoms with Crippen LogP contribution in [0.25, 0.3) is 0 Å². The average Bonchev–Trinajstić information content (AvgIpc) is 2.59. The fourth-order valence-corrected chi connectivity index (χ4v) is 2.62. The van der Waals surface area contributed by atoms with Crippen molar-refractivity contribution in [1.29, 1.82) is 0 Å². The van der Waals surface area contributed by atoms with Gasteiger partial charge in [-0.25, -0.2) is 8.78 Å². The smallest absolute Gasteiger partial charge is 0.460 e. The number of aliphatic carboxylic acids is 1. The largest absolute Gasteiger partial charge is 0.491 e. The fourth-order valence-electron chi connectivity index (χ4n) is 2.16. The van der Waals surface area contributed by atoms with Gasteiger partial charge in [-0.15, -0.1) is 0 Å². The predicted octanol–water partition coefficient (Wildman–Crippen LogP) is 5.99. The zero-order valence-electron chi connectivity index (χ0n) is 14.4. The molecule has 0 spiro atoms. The van der Waals surface area contributed by atoms with Gasteiger partial charge in [-0.3, -0.25) is 4.79 Å². The summed E-state index contributed by atoms with van der Waals surface area (Å²) in [5.41, 5.74) is 0. The summed E-state index contributed by atoms with van der Waals surface area (Å²) in [5, 5.41) is 8.88.